The first kappa shape index (κ1) is 19.1. The lowest BCUT2D eigenvalue weighted by Crippen LogP contribution is -2.35. The van der Waals surface area contributed by atoms with Crippen LogP contribution in [-0.4, -0.2) is 51.2 Å². The molecule has 2 N–H and O–H groups in total. The minimum atomic E-state index is -0.238. The maximum atomic E-state index is 12.2. The molecule has 0 aliphatic heterocycles. The fourth-order valence-corrected chi connectivity index (χ4v) is 3.61. The molecular weight excluding hydrogens is 382 g/mol. The van der Waals surface area contributed by atoms with Crippen molar-refractivity contribution in [3.05, 3.63) is 47.3 Å². The highest BCUT2D eigenvalue weighted by molar-refractivity contribution is 7.99. The number of rotatable bonds is 7. The zero-order chi connectivity index (χ0) is 19.2. The number of nitrogens with zero attached hydrogens (tertiary/aromatic N) is 3. The van der Waals surface area contributed by atoms with Crippen LogP contribution in [0.3, 0.4) is 0 Å². The van der Waals surface area contributed by atoms with Gasteiger partial charge >= 0.3 is 0 Å². The van der Waals surface area contributed by atoms with Crippen LogP contribution in [0.25, 0.3) is 10.7 Å². The summed E-state index contributed by atoms with van der Waals surface area (Å²) in [4.78, 5) is 31.1. The maximum Gasteiger partial charge on any atom is 0.243 e. The number of benzene rings is 1. The minimum Gasteiger partial charge on any atom is -0.336 e. The van der Waals surface area contributed by atoms with Crippen LogP contribution in [0.2, 0.25) is 0 Å². The number of likely N-dealkylation sites (N-methyl/N-ethyl adjacent to an activating group) is 1. The van der Waals surface area contributed by atoms with Crippen molar-refractivity contribution in [3.8, 4) is 10.7 Å². The molecule has 0 saturated carbocycles. The Balaban J connectivity index is 1.46. The summed E-state index contributed by atoms with van der Waals surface area (Å²) in [7, 11) is 1.60. The maximum absolute atomic E-state index is 12.2. The number of H-pyrrole nitrogens is 1. The highest BCUT2D eigenvalue weighted by atomic mass is 32.2. The standard InChI is InChI=1S/C18H19N5O2S2/c1-12-5-7-13(8-6-12)19-15(24)10-23(2)16(25)11-27-18-20-17(21-22-18)14-4-3-9-26-14/h3-9H,10-11H2,1-2H3,(H,19,24)(H,20,21,22). The molecule has 3 aromatic rings. The molecule has 1 aromatic carbocycles. The Morgan fingerprint density at radius 1 is 1.26 bits per heavy atom. The first-order chi connectivity index (χ1) is 13.0. The third kappa shape index (κ3) is 5.41. The highest BCUT2D eigenvalue weighted by Crippen LogP contribution is 2.23. The average molecular weight is 402 g/mol. The van der Waals surface area contributed by atoms with Gasteiger partial charge in [-0.05, 0) is 30.5 Å². The van der Waals surface area contributed by atoms with Gasteiger partial charge in [0.25, 0.3) is 0 Å². The SMILES string of the molecule is Cc1ccc(NC(=O)CN(C)C(=O)CSc2n[nH]c(-c3cccs3)n2)cc1. The third-order valence-corrected chi connectivity index (χ3v) is 5.39. The second kappa shape index (κ2) is 8.83. The van der Waals surface area contributed by atoms with Crippen LogP contribution in [0.4, 0.5) is 5.69 Å². The molecule has 2 heterocycles. The van der Waals surface area contributed by atoms with Crippen molar-refractivity contribution in [2.45, 2.75) is 12.1 Å². The number of amides is 2. The largest absolute Gasteiger partial charge is 0.336 e. The van der Waals surface area contributed by atoms with Gasteiger partial charge in [-0.3, -0.25) is 14.7 Å². The zero-order valence-electron chi connectivity index (χ0n) is 14.9. The summed E-state index contributed by atoms with van der Waals surface area (Å²) in [5.41, 5.74) is 1.83. The van der Waals surface area contributed by atoms with Crippen molar-refractivity contribution in [1.82, 2.24) is 20.1 Å². The Morgan fingerprint density at radius 2 is 2.04 bits per heavy atom. The lowest BCUT2D eigenvalue weighted by Gasteiger charge is -2.16. The predicted molar refractivity (Wildman–Crippen MR) is 108 cm³/mol. The quantitative estimate of drug-likeness (QED) is 0.594. The molecule has 140 valence electrons. The van der Waals surface area contributed by atoms with Crippen LogP contribution >= 0.6 is 23.1 Å². The summed E-state index contributed by atoms with van der Waals surface area (Å²) < 4.78 is 0. The number of hydrogen-bond donors (Lipinski definition) is 2. The van der Waals surface area contributed by atoms with E-state index in [1.54, 1.807) is 18.4 Å². The van der Waals surface area contributed by atoms with E-state index in [9.17, 15) is 9.59 Å². The smallest absolute Gasteiger partial charge is 0.243 e. The molecule has 0 saturated heterocycles. The topological polar surface area (TPSA) is 91.0 Å². The summed E-state index contributed by atoms with van der Waals surface area (Å²) in [5.74, 6) is 0.445. The fraction of sp³-hybridized carbons (Fsp3) is 0.222. The summed E-state index contributed by atoms with van der Waals surface area (Å²) in [6, 6.07) is 11.4. The Labute approximate surface area is 165 Å². The molecule has 2 amide bonds. The summed E-state index contributed by atoms with van der Waals surface area (Å²) in [6.45, 7) is 1.97. The van der Waals surface area contributed by atoms with Crippen LogP contribution in [0.1, 0.15) is 5.56 Å². The summed E-state index contributed by atoms with van der Waals surface area (Å²) in [6.07, 6.45) is 0. The first-order valence-electron chi connectivity index (χ1n) is 8.21. The third-order valence-electron chi connectivity index (χ3n) is 3.69. The number of thioether (sulfide) groups is 1. The predicted octanol–water partition coefficient (Wildman–Crippen LogP) is 3.03. The number of hydrogen-bond acceptors (Lipinski definition) is 6. The van der Waals surface area contributed by atoms with Crippen LogP contribution in [0.15, 0.2) is 46.9 Å². The Morgan fingerprint density at radius 3 is 2.74 bits per heavy atom. The van der Waals surface area contributed by atoms with Crippen molar-refractivity contribution in [2.75, 3.05) is 24.7 Å². The molecule has 0 unspecified atom stereocenters. The molecule has 0 bridgehead atoms. The minimum absolute atomic E-state index is 0.0122. The number of thiophene rings is 1. The van der Waals surface area contributed by atoms with Crippen molar-refractivity contribution in [1.29, 1.82) is 0 Å². The first-order valence-corrected chi connectivity index (χ1v) is 10.1. The van der Waals surface area contributed by atoms with Gasteiger partial charge in [0.05, 0.1) is 17.2 Å². The van der Waals surface area contributed by atoms with Gasteiger partial charge in [0.1, 0.15) is 0 Å². The highest BCUT2D eigenvalue weighted by Gasteiger charge is 2.15. The zero-order valence-corrected chi connectivity index (χ0v) is 16.6. The average Bonchev–Trinajstić information content (AvgIpc) is 3.33. The molecule has 0 aliphatic rings. The van der Waals surface area contributed by atoms with E-state index in [-0.39, 0.29) is 24.1 Å². The number of aryl methyl sites for hydroxylation is 1. The van der Waals surface area contributed by atoms with E-state index in [0.29, 0.717) is 16.7 Å². The lowest BCUT2D eigenvalue weighted by atomic mass is 10.2. The van der Waals surface area contributed by atoms with E-state index >= 15 is 0 Å². The van der Waals surface area contributed by atoms with E-state index < -0.39 is 0 Å². The van der Waals surface area contributed by atoms with E-state index in [0.717, 1.165) is 10.4 Å². The molecule has 0 aliphatic carbocycles. The van der Waals surface area contributed by atoms with Crippen LogP contribution in [-0.2, 0) is 9.59 Å². The molecular formula is C18H19N5O2S2. The lowest BCUT2D eigenvalue weighted by molar-refractivity contribution is -0.131. The van der Waals surface area contributed by atoms with Gasteiger partial charge in [-0.2, -0.15) is 0 Å². The molecule has 2 aromatic heterocycles. The molecule has 0 atom stereocenters. The molecule has 0 radical (unpaired) electrons. The number of carbonyl (C=O) groups is 2. The Kier molecular flexibility index (Phi) is 6.25. The van der Waals surface area contributed by atoms with Gasteiger partial charge in [-0.25, -0.2) is 4.98 Å². The Hall–Kier alpha value is -2.65. The number of aromatic nitrogens is 3. The van der Waals surface area contributed by atoms with Gasteiger partial charge in [-0.1, -0.05) is 35.5 Å². The van der Waals surface area contributed by atoms with Crippen molar-refractivity contribution in [2.24, 2.45) is 0 Å². The molecule has 3 rings (SSSR count). The second-order valence-corrected chi connectivity index (χ2v) is 7.79. The molecule has 7 nitrogen and oxygen atoms in total. The summed E-state index contributed by atoms with van der Waals surface area (Å²) >= 11 is 2.80. The van der Waals surface area contributed by atoms with Gasteiger partial charge in [0.15, 0.2) is 5.82 Å². The molecule has 0 spiro atoms. The van der Waals surface area contributed by atoms with E-state index in [1.165, 1.54) is 16.7 Å². The number of carbonyl (C=O) groups excluding carboxylic acids is 2. The van der Waals surface area contributed by atoms with Crippen LogP contribution in [0.5, 0.6) is 0 Å². The normalized spacial score (nSPS) is 10.6. The fourth-order valence-electron chi connectivity index (χ4n) is 2.21. The van der Waals surface area contributed by atoms with E-state index in [2.05, 4.69) is 20.5 Å². The van der Waals surface area contributed by atoms with Crippen molar-refractivity contribution < 1.29 is 9.59 Å². The molecule has 27 heavy (non-hydrogen) atoms. The summed E-state index contributed by atoms with van der Waals surface area (Å²) in [5, 5.41) is 12.2. The van der Waals surface area contributed by atoms with Gasteiger partial charge < -0.3 is 10.2 Å². The van der Waals surface area contributed by atoms with Crippen molar-refractivity contribution >= 4 is 40.6 Å². The van der Waals surface area contributed by atoms with E-state index in [4.69, 9.17) is 0 Å². The Bertz CT molecular complexity index is 906. The molecule has 0 fully saturated rings. The number of aromatic amines is 1. The van der Waals surface area contributed by atoms with Crippen molar-refractivity contribution in [3.63, 3.8) is 0 Å². The van der Waals surface area contributed by atoms with Gasteiger partial charge in [0, 0.05) is 12.7 Å². The molecule has 9 heteroatoms. The number of anilines is 1. The second-order valence-electron chi connectivity index (χ2n) is 5.90. The monoisotopic (exact) mass is 401 g/mol. The van der Waals surface area contributed by atoms with Gasteiger partial charge in [-0.15, -0.1) is 16.4 Å². The number of nitrogens with one attached hydrogen (secondary N) is 2. The van der Waals surface area contributed by atoms with Crippen LogP contribution < -0.4 is 5.32 Å². The van der Waals surface area contributed by atoms with Crippen LogP contribution in [0, 0.1) is 6.92 Å². The van der Waals surface area contributed by atoms with Gasteiger partial charge in [0.2, 0.25) is 17.0 Å². The van der Waals surface area contributed by atoms with E-state index in [1.807, 2.05) is 48.7 Å².